The molecule has 4 rings (SSSR count). The summed E-state index contributed by atoms with van der Waals surface area (Å²) < 4.78 is 33.5. The highest BCUT2D eigenvalue weighted by atomic mass is 19.2. The molecule has 0 spiro atoms. The number of halogens is 2. The topological polar surface area (TPSA) is 9.23 Å². The fourth-order valence-corrected chi connectivity index (χ4v) is 5.47. The van der Waals surface area contributed by atoms with Crippen LogP contribution in [0, 0.1) is 29.4 Å². The number of aryl methyl sites for hydroxylation is 2. The molecule has 3 heteroatoms. The largest absolute Gasteiger partial charge is 0.491 e. The second-order valence-electron chi connectivity index (χ2n) is 9.78. The van der Waals surface area contributed by atoms with Gasteiger partial charge in [0.05, 0.1) is 6.61 Å². The van der Waals surface area contributed by atoms with Crippen LogP contribution in [0.4, 0.5) is 8.78 Å². The van der Waals surface area contributed by atoms with Crippen molar-refractivity contribution in [3.63, 3.8) is 0 Å². The van der Waals surface area contributed by atoms with Crippen LogP contribution in [0.5, 0.6) is 5.75 Å². The number of rotatable bonds is 7. The third kappa shape index (κ3) is 5.42. The van der Waals surface area contributed by atoms with Crippen molar-refractivity contribution in [1.29, 1.82) is 0 Å². The van der Waals surface area contributed by atoms with Gasteiger partial charge in [0.2, 0.25) is 5.82 Å². The lowest BCUT2D eigenvalue weighted by molar-refractivity contribution is 0.225. The van der Waals surface area contributed by atoms with Gasteiger partial charge in [-0.05, 0) is 86.0 Å². The van der Waals surface area contributed by atoms with Gasteiger partial charge in [-0.3, -0.25) is 0 Å². The van der Waals surface area contributed by atoms with Gasteiger partial charge in [0, 0.05) is 5.92 Å². The molecule has 2 unspecified atom stereocenters. The molecule has 0 saturated heterocycles. The van der Waals surface area contributed by atoms with Gasteiger partial charge in [-0.1, -0.05) is 62.2 Å². The van der Waals surface area contributed by atoms with Gasteiger partial charge in [-0.15, -0.1) is 0 Å². The van der Waals surface area contributed by atoms with Crippen LogP contribution < -0.4 is 4.74 Å². The van der Waals surface area contributed by atoms with Crippen LogP contribution in [-0.2, 0) is 12.8 Å². The smallest absolute Gasteiger partial charge is 0.200 e. The zero-order valence-electron chi connectivity index (χ0n) is 19.5. The van der Waals surface area contributed by atoms with E-state index in [1.807, 2.05) is 0 Å². The molecule has 1 nitrogen and oxygen atoms in total. The maximum absolute atomic E-state index is 14.3. The third-order valence-electron chi connectivity index (χ3n) is 7.59. The van der Waals surface area contributed by atoms with Gasteiger partial charge >= 0.3 is 0 Å². The van der Waals surface area contributed by atoms with E-state index in [0.29, 0.717) is 30.9 Å². The van der Waals surface area contributed by atoms with E-state index in [9.17, 15) is 8.78 Å². The molecule has 0 radical (unpaired) electrons. The second-order valence-corrected chi connectivity index (χ2v) is 9.78. The first kappa shape index (κ1) is 23.0. The van der Waals surface area contributed by atoms with Gasteiger partial charge < -0.3 is 4.74 Å². The summed E-state index contributed by atoms with van der Waals surface area (Å²) in [5, 5.41) is 0. The van der Waals surface area contributed by atoms with E-state index >= 15 is 0 Å². The summed E-state index contributed by atoms with van der Waals surface area (Å²) in [5.74, 6) is 1.38. The minimum Gasteiger partial charge on any atom is -0.491 e. The quantitative estimate of drug-likeness (QED) is 0.398. The molecule has 0 aromatic heterocycles. The van der Waals surface area contributed by atoms with Crippen LogP contribution in [0.25, 0.3) is 0 Å². The van der Waals surface area contributed by atoms with Crippen LogP contribution in [0.2, 0.25) is 0 Å². The summed E-state index contributed by atoms with van der Waals surface area (Å²) in [7, 11) is 0. The molecule has 1 fully saturated rings. The normalized spacial score (nSPS) is 25.6. The van der Waals surface area contributed by atoms with Crippen molar-refractivity contribution in [2.24, 2.45) is 17.8 Å². The van der Waals surface area contributed by atoms with Crippen LogP contribution in [0.3, 0.4) is 0 Å². The molecule has 1 saturated carbocycles. The van der Waals surface area contributed by atoms with Crippen LogP contribution in [-0.4, -0.2) is 6.61 Å². The van der Waals surface area contributed by atoms with Gasteiger partial charge in [-0.2, -0.15) is 4.39 Å². The fraction of sp³-hybridized carbons (Fsp3) is 0.517. The van der Waals surface area contributed by atoms with Crippen molar-refractivity contribution >= 4 is 0 Å². The molecular weight excluding hydrogens is 402 g/mol. The lowest BCUT2D eigenvalue weighted by Crippen LogP contribution is -2.22. The van der Waals surface area contributed by atoms with Crippen molar-refractivity contribution in [1.82, 2.24) is 0 Å². The van der Waals surface area contributed by atoms with Gasteiger partial charge in [-0.25, -0.2) is 4.39 Å². The average molecular weight is 439 g/mol. The van der Waals surface area contributed by atoms with Crippen molar-refractivity contribution in [3.05, 3.63) is 76.9 Å². The summed E-state index contributed by atoms with van der Waals surface area (Å²) >= 11 is 0. The Kier molecular flexibility index (Phi) is 7.65. The Morgan fingerprint density at radius 3 is 2.22 bits per heavy atom. The van der Waals surface area contributed by atoms with E-state index in [2.05, 4.69) is 43.3 Å². The van der Waals surface area contributed by atoms with Crippen molar-refractivity contribution in [2.75, 3.05) is 6.61 Å². The summed E-state index contributed by atoms with van der Waals surface area (Å²) in [5.41, 5.74) is 2.91. The van der Waals surface area contributed by atoms with E-state index in [1.54, 1.807) is 13.0 Å². The van der Waals surface area contributed by atoms with Crippen LogP contribution >= 0.6 is 0 Å². The maximum Gasteiger partial charge on any atom is 0.200 e. The Labute approximate surface area is 191 Å². The van der Waals surface area contributed by atoms with Gasteiger partial charge in [0.25, 0.3) is 0 Å². The molecule has 2 aliphatic rings. The molecule has 0 heterocycles. The number of allylic oxidation sites excluding steroid dienone is 2. The minimum absolute atomic E-state index is 0.0149. The first-order valence-electron chi connectivity index (χ1n) is 12.4. The average Bonchev–Trinajstić information content (AvgIpc) is 2.83. The summed E-state index contributed by atoms with van der Waals surface area (Å²) in [6.45, 7) is 4.46. The zero-order chi connectivity index (χ0) is 22.5. The molecule has 2 aromatic carbocycles. The lowest BCUT2D eigenvalue weighted by atomic mass is 9.71. The zero-order valence-corrected chi connectivity index (χ0v) is 19.5. The summed E-state index contributed by atoms with van der Waals surface area (Å²) in [4.78, 5) is 0. The highest BCUT2D eigenvalue weighted by Crippen LogP contribution is 2.40. The molecule has 172 valence electrons. The SMILES string of the molecule is CCOc1ccc(CCc2ccc(C3C=CC(C4CCC(C)CC4)CC3)cc2)c(F)c1F. The molecule has 2 aliphatic carbocycles. The Hall–Kier alpha value is -2.16. The Morgan fingerprint density at radius 1 is 0.812 bits per heavy atom. The Morgan fingerprint density at radius 2 is 1.56 bits per heavy atom. The Bertz CT molecular complexity index is 909. The first-order chi connectivity index (χ1) is 15.5. The highest BCUT2D eigenvalue weighted by Gasteiger charge is 2.27. The second kappa shape index (κ2) is 10.6. The molecule has 0 N–H and O–H groups in total. The molecule has 0 amide bonds. The number of hydrogen-bond acceptors (Lipinski definition) is 1. The maximum atomic E-state index is 14.3. The summed E-state index contributed by atoms with van der Waals surface area (Å²) in [6.07, 6.45) is 14.2. The highest BCUT2D eigenvalue weighted by molar-refractivity contribution is 5.33. The fourth-order valence-electron chi connectivity index (χ4n) is 5.47. The van der Waals surface area contributed by atoms with Crippen molar-refractivity contribution in [2.45, 2.75) is 71.1 Å². The predicted octanol–water partition coefficient (Wildman–Crippen LogP) is 8.02. The van der Waals surface area contributed by atoms with E-state index < -0.39 is 11.6 Å². The lowest BCUT2D eigenvalue weighted by Gasteiger charge is -2.34. The first-order valence-corrected chi connectivity index (χ1v) is 12.4. The molecule has 32 heavy (non-hydrogen) atoms. The third-order valence-corrected chi connectivity index (χ3v) is 7.59. The van der Waals surface area contributed by atoms with E-state index in [4.69, 9.17) is 4.74 Å². The summed E-state index contributed by atoms with van der Waals surface area (Å²) in [6, 6.07) is 11.9. The van der Waals surface area contributed by atoms with E-state index in [1.165, 1.54) is 50.2 Å². The van der Waals surface area contributed by atoms with Crippen molar-refractivity contribution < 1.29 is 13.5 Å². The molecule has 0 aliphatic heterocycles. The van der Waals surface area contributed by atoms with Gasteiger partial charge in [0.15, 0.2) is 11.6 Å². The van der Waals surface area contributed by atoms with Crippen LogP contribution in [0.1, 0.15) is 75.0 Å². The predicted molar refractivity (Wildman–Crippen MR) is 127 cm³/mol. The number of benzene rings is 2. The number of hydrogen-bond donors (Lipinski definition) is 0. The molecule has 2 atom stereocenters. The standard InChI is InChI=1S/C29H36F2O/c1-3-32-27-19-18-26(28(30)29(27)31)13-8-21-6-11-23(12-7-21)25-16-14-24(15-17-25)22-9-4-20(2)5-10-22/h6-7,11-12,14,16,18-20,22,24-25H,3-5,8-10,13,15,17H2,1-2H3. The minimum atomic E-state index is -0.884. The van der Waals surface area contributed by atoms with Gasteiger partial charge in [0.1, 0.15) is 0 Å². The van der Waals surface area contributed by atoms with E-state index in [-0.39, 0.29) is 5.75 Å². The number of ether oxygens (including phenoxy) is 1. The Balaban J connectivity index is 1.32. The van der Waals surface area contributed by atoms with E-state index in [0.717, 1.165) is 23.3 Å². The van der Waals surface area contributed by atoms with Crippen LogP contribution in [0.15, 0.2) is 48.6 Å². The molecule has 2 aromatic rings. The monoisotopic (exact) mass is 438 g/mol. The van der Waals surface area contributed by atoms with Crippen molar-refractivity contribution in [3.8, 4) is 5.75 Å². The molecular formula is C29H36F2O. The molecule has 0 bridgehead atoms.